The van der Waals surface area contributed by atoms with Crippen LogP contribution in [0.4, 0.5) is 4.79 Å². The van der Waals surface area contributed by atoms with Gasteiger partial charge >= 0.3 is 30.3 Å². The predicted molar refractivity (Wildman–Crippen MR) is 137 cm³/mol. The van der Waals surface area contributed by atoms with Crippen LogP contribution < -0.4 is 10.6 Å². The highest BCUT2D eigenvalue weighted by Crippen LogP contribution is 2.09. The van der Waals surface area contributed by atoms with Gasteiger partial charge in [0, 0.05) is 6.42 Å². The molecule has 0 unspecified atom stereocenters. The number of benzene rings is 2. The molecule has 0 heterocycles. The highest BCUT2D eigenvalue weighted by atomic mass is 16.5. The standard InChI is InChI=1S/C23H28N2O5.C3H2N4O/c1-16(2)13-19(25-23(29)30-15-18-11-7-4-8-12-18)21(26)24-20(22(27)28)14-17-9-5-3-6-10-17;4-6-1-3(8)2-7-5/h3-12,16,19-20H,13-15H2,1-2H3,(H,24,26)(H,25,29)(H,27,28);1-2H/t19-,20-;/m0./s1. The minimum atomic E-state index is -1.14. The van der Waals surface area contributed by atoms with Gasteiger partial charge < -0.3 is 31.5 Å². The number of rotatable bonds is 12. The van der Waals surface area contributed by atoms with Crippen molar-refractivity contribution in [3.63, 3.8) is 0 Å². The molecule has 0 aliphatic heterocycles. The molecule has 2 aromatic rings. The lowest BCUT2D eigenvalue weighted by Crippen LogP contribution is -2.52. The van der Waals surface area contributed by atoms with E-state index in [-0.39, 0.29) is 18.9 Å². The van der Waals surface area contributed by atoms with E-state index in [0.717, 1.165) is 11.1 Å². The van der Waals surface area contributed by atoms with Crippen LogP contribution in [0, 0.1) is 5.92 Å². The van der Waals surface area contributed by atoms with E-state index in [4.69, 9.17) is 15.8 Å². The number of amides is 2. The normalized spacial score (nSPS) is 11.2. The molecule has 0 aliphatic rings. The lowest BCUT2D eigenvalue weighted by atomic mass is 10.0. The molecule has 0 fully saturated rings. The summed E-state index contributed by atoms with van der Waals surface area (Å²) >= 11 is 0. The van der Waals surface area contributed by atoms with E-state index >= 15 is 0 Å². The quantitative estimate of drug-likeness (QED) is 0.217. The number of carbonyl (C=O) groups is 4. The lowest BCUT2D eigenvalue weighted by molar-refractivity contribution is -0.142. The Labute approximate surface area is 219 Å². The zero-order valence-electron chi connectivity index (χ0n) is 21.1. The summed E-state index contributed by atoms with van der Waals surface area (Å²) in [6.45, 7) is 3.90. The van der Waals surface area contributed by atoms with Crippen molar-refractivity contribution in [2.45, 2.75) is 45.4 Å². The number of hydrogen-bond acceptors (Lipinski definition) is 5. The molecule has 38 heavy (non-hydrogen) atoms. The van der Waals surface area contributed by atoms with Gasteiger partial charge in [0.1, 0.15) is 18.7 Å². The van der Waals surface area contributed by atoms with Gasteiger partial charge in [-0.15, -0.1) is 0 Å². The zero-order chi connectivity index (χ0) is 28.3. The number of aliphatic carboxylic acids is 1. The molecule has 12 heteroatoms. The van der Waals surface area contributed by atoms with E-state index in [0.29, 0.717) is 18.9 Å². The number of carbonyl (C=O) groups excluding carboxylic acids is 3. The number of alkyl carbamates (subject to hydrolysis) is 1. The zero-order valence-corrected chi connectivity index (χ0v) is 21.1. The van der Waals surface area contributed by atoms with Crippen LogP contribution in [0.15, 0.2) is 60.7 Å². The molecule has 2 atom stereocenters. The summed E-state index contributed by atoms with van der Waals surface area (Å²) in [5, 5.41) is 14.6. The van der Waals surface area contributed by atoms with Crippen LogP contribution in [0.5, 0.6) is 0 Å². The Hall–Kier alpha value is -4.92. The van der Waals surface area contributed by atoms with E-state index < -0.39 is 35.8 Å². The second kappa shape index (κ2) is 17.5. The first-order valence-corrected chi connectivity index (χ1v) is 11.6. The van der Waals surface area contributed by atoms with Crippen molar-refractivity contribution in [2.24, 2.45) is 5.92 Å². The molecule has 0 aliphatic carbocycles. The third kappa shape index (κ3) is 13.2. The molecule has 2 amide bonds. The topological polar surface area (TPSA) is 195 Å². The second-order valence-electron chi connectivity index (χ2n) is 8.37. The maximum Gasteiger partial charge on any atom is 0.408 e. The molecule has 0 radical (unpaired) electrons. The smallest absolute Gasteiger partial charge is 0.408 e. The number of nitrogens with zero attached hydrogens (tertiary/aromatic N) is 4. The third-order valence-corrected chi connectivity index (χ3v) is 4.80. The fourth-order valence-corrected chi connectivity index (χ4v) is 3.08. The van der Waals surface area contributed by atoms with E-state index in [1.807, 2.05) is 62.4 Å². The molecule has 0 spiro atoms. The van der Waals surface area contributed by atoms with Gasteiger partial charge in [-0.25, -0.2) is 9.59 Å². The number of hydrogen-bond donors (Lipinski definition) is 3. The van der Waals surface area contributed by atoms with Gasteiger partial charge in [-0.3, -0.25) is 9.59 Å². The molecular formula is C26H30N6O6. The fraction of sp³-hybridized carbons (Fsp3) is 0.308. The second-order valence-corrected chi connectivity index (χ2v) is 8.37. The Morgan fingerprint density at radius 2 is 1.39 bits per heavy atom. The summed E-state index contributed by atoms with van der Waals surface area (Å²) in [5.41, 5.74) is 17.0. The first-order chi connectivity index (χ1) is 18.2. The Bertz CT molecular complexity index is 1140. The lowest BCUT2D eigenvalue weighted by Gasteiger charge is -2.22. The minimum Gasteiger partial charge on any atom is -0.480 e. The van der Waals surface area contributed by atoms with Gasteiger partial charge in [-0.2, -0.15) is 9.58 Å². The van der Waals surface area contributed by atoms with Gasteiger partial charge in [-0.05, 0) is 23.5 Å². The summed E-state index contributed by atoms with van der Waals surface area (Å²) < 4.78 is 5.19. The van der Waals surface area contributed by atoms with Gasteiger partial charge in [0.15, 0.2) is 0 Å². The largest absolute Gasteiger partial charge is 0.480 e. The van der Waals surface area contributed by atoms with E-state index in [1.165, 1.54) is 0 Å². The number of carboxylic acids is 1. The fourth-order valence-electron chi connectivity index (χ4n) is 3.08. The average molecular weight is 523 g/mol. The molecule has 0 saturated heterocycles. The van der Waals surface area contributed by atoms with E-state index in [9.17, 15) is 24.3 Å². The van der Waals surface area contributed by atoms with Crippen molar-refractivity contribution >= 4 is 36.2 Å². The van der Waals surface area contributed by atoms with Crippen LogP contribution in [-0.2, 0) is 32.1 Å². The molecule has 200 valence electrons. The van der Waals surface area contributed by atoms with Crippen molar-refractivity contribution in [1.82, 2.24) is 10.6 Å². The Balaban J connectivity index is 0.000000781. The Morgan fingerprint density at radius 1 is 0.868 bits per heavy atom. The van der Waals surface area contributed by atoms with Crippen LogP contribution in [0.2, 0.25) is 0 Å². The number of ketones is 1. The highest BCUT2D eigenvalue weighted by Gasteiger charge is 2.27. The Kier molecular flexibility index (Phi) is 14.3. The highest BCUT2D eigenvalue weighted by molar-refractivity contribution is 6.50. The van der Waals surface area contributed by atoms with Gasteiger partial charge in [0.2, 0.25) is 5.91 Å². The number of nitrogens with one attached hydrogen (secondary N) is 2. The van der Waals surface area contributed by atoms with Gasteiger partial charge in [0.05, 0.1) is 0 Å². The van der Waals surface area contributed by atoms with Crippen molar-refractivity contribution in [2.75, 3.05) is 0 Å². The van der Waals surface area contributed by atoms with Crippen LogP contribution in [0.25, 0.3) is 11.1 Å². The summed E-state index contributed by atoms with van der Waals surface area (Å²) in [6, 6.07) is 16.2. The van der Waals surface area contributed by atoms with Gasteiger partial charge in [0.25, 0.3) is 0 Å². The molecule has 2 aromatic carbocycles. The molecule has 2 rings (SSSR count). The number of carboxylic acid groups (broad SMARTS) is 1. The molecule has 3 N–H and O–H groups in total. The molecule has 12 nitrogen and oxygen atoms in total. The number of ether oxygens (including phenoxy) is 1. The van der Waals surface area contributed by atoms with Crippen LogP contribution >= 0.6 is 0 Å². The monoisotopic (exact) mass is 522 g/mol. The average Bonchev–Trinajstić information content (AvgIpc) is 2.88. The van der Waals surface area contributed by atoms with E-state index in [2.05, 4.69) is 20.2 Å². The van der Waals surface area contributed by atoms with Crippen molar-refractivity contribution in [1.29, 1.82) is 0 Å². The minimum absolute atomic E-state index is 0.0778. The third-order valence-electron chi connectivity index (χ3n) is 4.80. The Morgan fingerprint density at radius 3 is 1.87 bits per heavy atom. The molecule has 0 saturated carbocycles. The maximum absolute atomic E-state index is 12.7. The van der Waals surface area contributed by atoms with Crippen LogP contribution in [0.1, 0.15) is 31.4 Å². The predicted octanol–water partition coefficient (Wildman–Crippen LogP) is 2.30. The summed E-state index contributed by atoms with van der Waals surface area (Å²) in [6.07, 6.45) is 0.993. The molecule has 0 bridgehead atoms. The summed E-state index contributed by atoms with van der Waals surface area (Å²) in [4.78, 5) is 51.4. The SMILES string of the molecule is CC(C)C[C@H](NC(=O)OCc1ccccc1)C(=O)N[C@@H](Cc1ccccc1)C(=O)O.[N-]=[N+]=CC(=O)C=[N+]=[N-]. The van der Waals surface area contributed by atoms with Crippen LogP contribution in [-0.4, -0.2) is 63.0 Å². The molecular weight excluding hydrogens is 492 g/mol. The summed E-state index contributed by atoms with van der Waals surface area (Å²) in [5.74, 6) is -2.26. The van der Waals surface area contributed by atoms with Gasteiger partial charge in [-0.1, -0.05) is 74.5 Å². The first-order valence-electron chi connectivity index (χ1n) is 11.6. The van der Waals surface area contributed by atoms with Crippen LogP contribution in [0.3, 0.4) is 0 Å². The maximum atomic E-state index is 12.7. The number of Topliss-reactive ketones (excluding diaryl/α,β-unsaturated/α-hetero) is 1. The molecule has 0 aromatic heterocycles. The first kappa shape index (κ1) is 31.1. The van der Waals surface area contributed by atoms with Crippen molar-refractivity contribution in [3.8, 4) is 0 Å². The van der Waals surface area contributed by atoms with E-state index in [1.54, 1.807) is 12.1 Å². The van der Waals surface area contributed by atoms with Crippen molar-refractivity contribution in [3.05, 3.63) is 82.9 Å². The van der Waals surface area contributed by atoms with Crippen molar-refractivity contribution < 1.29 is 38.6 Å². The summed E-state index contributed by atoms with van der Waals surface area (Å²) in [7, 11) is 0.